The van der Waals surface area contributed by atoms with Gasteiger partial charge in [0, 0.05) is 15.1 Å². The lowest BCUT2D eigenvalue weighted by Crippen LogP contribution is -1.95. The Kier molecular flexibility index (Phi) is 4.22. The number of rotatable bonds is 4. The molecule has 2 aromatic carbocycles. The van der Waals surface area contributed by atoms with Crippen molar-refractivity contribution in [3.63, 3.8) is 0 Å². The third-order valence-electron chi connectivity index (χ3n) is 2.72. The van der Waals surface area contributed by atoms with Crippen LogP contribution in [0.2, 0.25) is 5.02 Å². The molecule has 3 aromatic rings. The second-order valence-electron chi connectivity index (χ2n) is 4.25. The zero-order valence-electron chi connectivity index (χ0n) is 10.8. The maximum Gasteiger partial charge on any atom is 0.254 e. The molecule has 1 aromatic heterocycles. The lowest BCUT2D eigenvalue weighted by atomic mass is 10.2. The van der Waals surface area contributed by atoms with Crippen LogP contribution in [0.25, 0.3) is 11.5 Å². The van der Waals surface area contributed by atoms with Crippen LogP contribution in [0.3, 0.4) is 0 Å². The zero-order chi connectivity index (χ0) is 14.7. The van der Waals surface area contributed by atoms with Crippen LogP contribution in [0, 0.1) is 0 Å². The van der Waals surface area contributed by atoms with Crippen LogP contribution in [0.5, 0.6) is 5.75 Å². The molecule has 0 bridgehead atoms. The number of hydrogen-bond donors (Lipinski definition) is 0. The first-order valence-electron chi connectivity index (χ1n) is 6.17. The van der Waals surface area contributed by atoms with Gasteiger partial charge in [0.1, 0.15) is 5.75 Å². The summed E-state index contributed by atoms with van der Waals surface area (Å²) in [6, 6.07) is 14.8. The molecule has 0 radical (unpaired) electrons. The van der Waals surface area contributed by atoms with Crippen molar-refractivity contribution in [1.82, 2.24) is 10.2 Å². The molecule has 0 N–H and O–H groups in total. The van der Waals surface area contributed by atoms with E-state index in [0.29, 0.717) is 16.8 Å². The molecule has 4 nitrogen and oxygen atoms in total. The molecule has 21 heavy (non-hydrogen) atoms. The van der Waals surface area contributed by atoms with E-state index in [-0.39, 0.29) is 6.61 Å². The Labute approximate surface area is 134 Å². The Hall–Kier alpha value is -1.85. The van der Waals surface area contributed by atoms with Crippen LogP contribution in [0.1, 0.15) is 5.89 Å². The van der Waals surface area contributed by atoms with Crippen molar-refractivity contribution in [3.05, 3.63) is 63.9 Å². The topological polar surface area (TPSA) is 48.2 Å². The van der Waals surface area contributed by atoms with E-state index in [1.165, 1.54) is 0 Å². The largest absolute Gasteiger partial charge is 0.484 e. The van der Waals surface area contributed by atoms with Gasteiger partial charge in [-0.15, -0.1) is 10.2 Å². The molecule has 6 heteroatoms. The van der Waals surface area contributed by atoms with Crippen molar-refractivity contribution in [1.29, 1.82) is 0 Å². The molecular weight excluding hydrogens is 356 g/mol. The fourth-order valence-corrected chi connectivity index (χ4v) is 2.23. The minimum atomic E-state index is 0.219. The lowest BCUT2D eigenvalue weighted by molar-refractivity contribution is 0.264. The Morgan fingerprint density at radius 1 is 1.10 bits per heavy atom. The van der Waals surface area contributed by atoms with E-state index >= 15 is 0 Å². The normalized spacial score (nSPS) is 10.6. The number of halogens is 2. The van der Waals surface area contributed by atoms with Gasteiger partial charge < -0.3 is 9.15 Å². The average Bonchev–Trinajstić information content (AvgIpc) is 2.95. The fourth-order valence-electron chi connectivity index (χ4n) is 1.72. The van der Waals surface area contributed by atoms with Gasteiger partial charge in [0.15, 0.2) is 6.61 Å². The van der Waals surface area contributed by atoms with E-state index in [4.69, 9.17) is 20.8 Å². The van der Waals surface area contributed by atoms with Gasteiger partial charge in [0.2, 0.25) is 5.89 Å². The van der Waals surface area contributed by atoms with Crippen LogP contribution in [0.15, 0.2) is 57.4 Å². The van der Waals surface area contributed by atoms with E-state index in [2.05, 4.69) is 26.1 Å². The summed E-state index contributed by atoms with van der Waals surface area (Å²) in [6.45, 7) is 0.219. The Balaban J connectivity index is 1.69. The van der Waals surface area contributed by atoms with Crippen molar-refractivity contribution in [2.75, 3.05) is 0 Å². The first-order valence-corrected chi connectivity index (χ1v) is 7.34. The summed E-state index contributed by atoms with van der Waals surface area (Å²) < 4.78 is 12.1. The number of ether oxygens (including phenoxy) is 1. The van der Waals surface area contributed by atoms with E-state index in [1.807, 2.05) is 36.4 Å². The monoisotopic (exact) mass is 364 g/mol. The average molecular weight is 366 g/mol. The molecule has 0 fully saturated rings. The third kappa shape index (κ3) is 3.62. The maximum atomic E-state index is 5.84. The second-order valence-corrected chi connectivity index (χ2v) is 5.61. The molecule has 0 aliphatic carbocycles. The van der Waals surface area contributed by atoms with Crippen molar-refractivity contribution in [2.24, 2.45) is 0 Å². The van der Waals surface area contributed by atoms with Gasteiger partial charge in [-0.2, -0.15) is 0 Å². The van der Waals surface area contributed by atoms with Gasteiger partial charge >= 0.3 is 0 Å². The number of benzene rings is 2. The fraction of sp³-hybridized carbons (Fsp3) is 0.0667. The molecule has 3 rings (SSSR count). The Bertz CT molecular complexity index is 743. The molecule has 0 aliphatic heterocycles. The quantitative estimate of drug-likeness (QED) is 0.670. The summed E-state index contributed by atoms with van der Waals surface area (Å²) >= 11 is 9.23. The van der Waals surface area contributed by atoms with Crippen LogP contribution in [-0.4, -0.2) is 10.2 Å². The summed E-state index contributed by atoms with van der Waals surface area (Å²) in [5, 5.41) is 8.63. The van der Waals surface area contributed by atoms with E-state index in [1.54, 1.807) is 12.1 Å². The Morgan fingerprint density at radius 2 is 1.90 bits per heavy atom. The first kappa shape index (κ1) is 14.1. The molecule has 0 unspecified atom stereocenters. The maximum absolute atomic E-state index is 5.84. The van der Waals surface area contributed by atoms with E-state index in [9.17, 15) is 0 Å². The zero-order valence-corrected chi connectivity index (χ0v) is 13.1. The van der Waals surface area contributed by atoms with Crippen molar-refractivity contribution in [3.8, 4) is 17.2 Å². The standard InChI is InChI=1S/C15H10BrClN2O2/c16-11-2-1-3-13(8-11)20-9-14-18-19-15(21-14)10-4-6-12(17)7-5-10/h1-8H,9H2. The van der Waals surface area contributed by atoms with Crippen molar-refractivity contribution < 1.29 is 9.15 Å². The van der Waals surface area contributed by atoms with Crippen molar-refractivity contribution in [2.45, 2.75) is 6.61 Å². The molecule has 0 aliphatic rings. The number of aromatic nitrogens is 2. The summed E-state index contributed by atoms with van der Waals surface area (Å²) in [5.41, 5.74) is 0.820. The van der Waals surface area contributed by atoms with Crippen LogP contribution in [0.4, 0.5) is 0 Å². The predicted octanol–water partition coefficient (Wildman–Crippen LogP) is 4.73. The number of hydrogen-bond acceptors (Lipinski definition) is 4. The minimum absolute atomic E-state index is 0.219. The predicted molar refractivity (Wildman–Crippen MR) is 83.2 cm³/mol. The molecule has 0 saturated carbocycles. The molecule has 106 valence electrons. The van der Waals surface area contributed by atoms with Crippen molar-refractivity contribution >= 4 is 27.5 Å². The van der Waals surface area contributed by atoms with Crippen LogP contribution >= 0.6 is 27.5 Å². The summed E-state index contributed by atoms with van der Waals surface area (Å²) in [6.07, 6.45) is 0. The molecule has 1 heterocycles. The molecule has 0 spiro atoms. The van der Waals surface area contributed by atoms with Gasteiger partial charge in [-0.05, 0) is 42.5 Å². The van der Waals surface area contributed by atoms with Crippen LogP contribution in [-0.2, 0) is 6.61 Å². The third-order valence-corrected chi connectivity index (χ3v) is 3.46. The van der Waals surface area contributed by atoms with E-state index < -0.39 is 0 Å². The highest BCUT2D eigenvalue weighted by molar-refractivity contribution is 9.10. The summed E-state index contributed by atoms with van der Waals surface area (Å²) in [5.74, 6) is 1.59. The summed E-state index contributed by atoms with van der Waals surface area (Å²) in [7, 11) is 0. The minimum Gasteiger partial charge on any atom is -0.484 e. The molecule has 0 saturated heterocycles. The van der Waals surface area contributed by atoms with Gasteiger partial charge in [0.25, 0.3) is 5.89 Å². The van der Waals surface area contributed by atoms with Crippen LogP contribution < -0.4 is 4.74 Å². The second kappa shape index (κ2) is 6.28. The molecule has 0 amide bonds. The SMILES string of the molecule is Clc1ccc(-c2nnc(COc3cccc(Br)c3)o2)cc1. The summed E-state index contributed by atoms with van der Waals surface area (Å²) in [4.78, 5) is 0. The highest BCUT2D eigenvalue weighted by Crippen LogP contribution is 2.22. The van der Waals surface area contributed by atoms with Gasteiger partial charge in [-0.1, -0.05) is 33.6 Å². The highest BCUT2D eigenvalue weighted by Gasteiger charge is 2.09. The lowest BCUT2D eigenvalue weighted by Gasteiger charge is -2.02. The molecule has 0 atom stereocenters. The highest BCUT2D eigenvalue weighted by atomic mass is 79.9. The van der Waals surface area contributed by atoms with Gasteiger partial charge in [-0.3, -0.25) is 0 Å². The first-order chi connectivity index (χ1) is 10.2. The molecular formula is C15H10BrClN2O2. The van der Waals surface area contributed by atoms with Gasteiger partial charge in [0.05, 0.1) is 0 Å². The Morgan fingerprint density at radius 3 is 2.67 bits per heavy atom. The number of nitrogens with zero attached hydrogens (tertiary/aromatic N) is 2. The van der Waals surface area contributed by atoms with E-state index in [0.717, 1.165) is 15.8 Å². The van der Waals surface area contributed by atoms with Gasteiger partial charge in [-0.25, -0.2) is 0 Å². The smallest absolute Gasteiger partial charge is 0.254 e.